The molecule has 1 unspecified atom stereocenters. The van der Waals surface area contributed by atoms with Crippen molar-refractivity contribution in [3.05, 3.63) is 41.0 Å². The number of anilines is 1. The molecule has 2 aromatic heterocycles. The number of aromatic hydroxyl groups is 1. The standard InChI is InChI=1S/C23H34N6O/c1-15-5-4-6-20-22(15)27-23(26-18-9-11-28(12-10-18)13-16(2)24)29(20)14-19-21(30)8-7-17(3)25-19/h5,7-8,16,18,30H,4,6,9-14,24H2,1-3H3,(H,26,27). The topological polar surface area (TPSA) is 92.2 Å². The number of likely N-dealkylation sites (tertiary alicyclic amines) is 1. The van der Waals surface area contributed by atoms with Crippen LogP contribution in [0.25, 0.3) is 5.57 Å². The van der Waals surface area contributed by atoms with Crippen LogP contribution in [0, 0.1) is 6.92 Å². The predicted molar refractivity (Wildman–Crippen MR) is 121 cm³/mol. The van der Waals surface area contributed by atoms with E-state index < -0.39 is 0 Å². The Morgan fingerprint density at radius 2 is 2.00 bits per heavy atom. The van der Waals surface area contributed by atoms with Gasteiger partial charge in [-0.3, -0.25) is 4.98 Å². The summed E-state index contributed by atoms with van der Waals surface area (Å²) in [5.41, 5.74) is 11.1. The van der Waals surface area contributed by atoms with E-state index in [1.165, 1.54) is 11.3 Å². The molecule has 7 heteroatoms. The first-order valence-corrected chi connectivity index (χ1v) is 11.1. The van der Waals surface area contributed by atoms with Gasteiger partial charge in [0.1, 0.15) is 11.4 Å². The molecule has 1 atom stereocenters. The van der Waals surface area contributed by atoms with Gasteiger partial charge in [0.05, 0.1) is 12.2 Å². The van der Waals surface area contributed by atoms with Crippen molar-refractivity contribution in [1.29, 1.82) is 0 Å². The van der Waals surface area contributed by atoms with Crippen molar-refractivity contribution < 1.29 is 5.11 Å². The van der Waals surface area contributed by atoms with Crippen LogP contribution in [0.3, 0.4) is 0 Å². The summed E-state index contributed by atoms with van der Waals surface area (Å²) in [7, 11) is 0. The highest BCUT2D eigenvalue weighted by molar-refractivity contribution is 5.66. The first-order chi connectivity index (χ1) is 14.4. The Labute approximate surface area is 179 Å². The molecule has 3 heterocycles. The lowest BCUT2D eigenvalue weighted by Gasteiger charge is -2.33. The monoisotopic (exact) mass is 410 g/mol. The highest BCUT2D eigenvalue weighted by Gasteiger charge is 2.25. The van der Waals surface area contributed by atoms with Gasteiger partial charge in [-0.05, 0) is 64.2 Å². The number of fused-ring (bicyclic) bond motifs is 1. The summed E-state index contributed by atoms with van der Waals surface area (Å²) >= 11 is 0. The molecule has 0 radical (unpaired) electrons. The fraction of sp³-hybridized carbons (Fsp3) is 0.565. The molecule has 2 aromatic rings. The van der Waals surface area contributed by atoms with Crippen molar-refractivity contribution in [2.75, 3.05) is 25.0 Å². The van der Waals surface area contributed by atoms with E-state index >= 15 is 0 Å². The van der Waals surface area contributed by atoms with Crippen LogP contribution >= 0.6 is 0 Å². The number of aromatic nitrogens is 3. The van der Waals surface area contributed by atoms with Crippen LogP contribution in [-0.4, -0.2) is 56.3 Å². The maximum absolute atomic E-state index is 10.4. The SMILES string of the molecule is CC1=CCCc2c1nc(NC1CCN(CC(C)N)CC1)n2Cc1nc(C)ccc1O. The third-order valence-corrected chi connectivity index (χ3v) is 6.14. The number of rotatable bonds is 6. The van der Waals surface area contributed by atoms with Crippen LogP contribution in [0.5, 0.6) is 5.75 Å². The number of pyridine rings is 1. The first kappa shape index (κ1) is 20.9. The molecule has 4 rings (SSSR count). The van der Waals surface area contributed by atoms with Crippen molar-refractivity contribution in [3.8, 4) is 5.75 Å². The number of imidazole rings is 1. The summed E-state index contributed by atoms with van der Waals surface area (Å²) < 4.78 is 2.22. The van der Waals surface area contributed by atoms with Gasteiger partial charge in [0.2, 0.25) is 5.95 Å². The number of nitrogens with zero attached hydrogens (tertiary/aromatic N) is 4. The molecule has 0 saturated carbocycles. The summed E-state index contributed by atoms with van der Waals surface area (Å²) in [6.07, 6.45) is 6.39. The Balaban J connectivity index is 1.57. The zero-order valence-corrected chi connectivity index (χ0v) is 18.4. The molecule has 162 valence electrons. The number of nitrogens with two attached hydrogens (primary N) is 1. The summed E-state index contributed by atoms with van der Waals surface area (Å²) in [6.45, 7) is 9.74. The van der Waals surface area contributed by atoms with Crippen LogP contribution in [0.4, 0.5) is 5.95 Å². The number of allylic oxidation sites excluding steroid dienone is 2. The Morgan fingerprint density at radius 1 is 1.23 bits per heavy atom. The molecule has 30 heavy (non-hydrogen) atoms. The molecular formula is C23H34N6O. The van der Waals surface area contributed by atoms with Crippen molar-refractivity contribution >= 4 is 11.5 Å². The average Bonchev–Trinajstić information content (AvgIpc) is 3.04. The second-order valence-corrected chi connectivity index (χ2v) is 8.86. The highest BCUT2D eigenvalue weighted by Crippen LogP contribution is 2.31. The van der Waals surface area contributed by atoms with E-state index in [0.717, 1.165) is 62.7 Å². The minimum atomic E-state index is 0.212. The van der Waals surface area contributed by atoms with Gasteiger partial charge in [-0.2, -0.15) is 0 Å². The Morgan fingerprint density at radius 3 is 2.73 bits per heavy atom. The molecule has 0 amide bonds. The van der Waals surface area contributed by atoms with Gasteiger partial charge in [0, 0.05) is 43.1 Å². The quantitative estimate of drug-likeness (QED) is 0.678. The van der Waals surface area contributed by atoms with Crippen molar-refractivity contribution in [3.63, 3.8) is 0 Å². The molecule has 0 spiro atoms. The number of nitrogens with one attached hydrogen (secondary N) is 1. The molecule has 0 bridgehead atoms. The average molecular weight is 411 g/mol. The lowest BCUT2D eigenvalue weighted by atomic mass is 10.0. The van der Waals surface area contributed by atoms with Gasteiger partial charge in [-0.25, -0.2) is 4.98 Å². The number of hydrogen-bond donors (Lipinski definition) is 3. The summed E-state index contributed by atoms with van der Waals surface area (Å²) in [4.78, 5) is 12.0. The summed E-state index contributed by atoms with van der Waals surface area (Å²) in [5, 5.41) is 14.1. The van der Waals surface area contributed by atoms with E-state index in [9.17, 15) is 5.11 Å². The van der Waals surface area contributed by atoms with Gasteiger partial charge < -0.3 is 25.6 Å². The van der Waals surface area contributed by atoms with E-state index in [2.05, 4.69) is 39.7 Å². The third kappa shape index (κ3) is 4.52. The molecule has 4 N–H and O–H groups in total. The Bertz CT molecular complexity index is 924. The minimum absolute atomic E-state index is 0.212. The van der Waals surface area contributed by atoms with Crippen molar-refractivity contribution in [1.82, 2.24) is 19.4 Å². The third-order valence-electron chi connectivity index (χ3n) is 6.14. The molecule has 1 saturated heterocycles. The summed E-state index contributed by atoms with van der Waals surface area (Å²) in [6, 6.07) is 4.17. The number of aryl methyl sites for hydroxylation is 1. The normalized spacial score (nSPS) is 18.7. The van der Waals surface area contributed by atoms with Gasteiger partial charge in [0.25, 0.3) is 0 Å². The van der Waals surface area contributed by atoms with E-state index in [0.29, 0.717) is 18.3 Å². The number of piperidine rings is 1. The van der Waals surface area contributed by atoms with E-state index in [1.807, 2.05) is 13.0 Å². The fourth-order valence-electron chi connectivity index (χ4n) is 4.58. The zero-order valence-electron chi connectivity index (χ0n) is 18.4. The first-order valence-electron chi connectivity index (χ1n) is 11.1. The lowest BCUT2D eigenvalue weighted by molar-refractivity contribution is 0.210. The maximum Gasteiger partial charge on any atom is 0.204 e. The van der Waals surface area contributed by atoms with Crippen LogP contribution in [0.15, 0.2) is 18.2 Å². The summed E-state index contributed by atoms with van der Waals surface area (Å²) in [5.74, 6) is 1.13. The molecular weight excluding hydrogens is 376 g/mol. The fourth-order valence-corrected chi connectivity index (χ4v) is 4.58. The highest BCUT2D eigenvalue weighted by atomic mass is 16.3. The van der Waals surface area contributed by atoms with Gasteiger partial charge >= 0.3 is 0 Å². The van der Waals surface area contributed by atoms with Gasteiger partial charge in [0.15, 0.2) is 0 Å². The molecule has 7 nitrogen and oxygen atoms in total. The van der Waals surface area contributed by atoms with E-state index in [1.54, 1.807) is 6.07 Å². The van der Waals surface area contributed by atoms with Gasteiger partial charge in [-0.1, -0.05) is 6.08 Å². The van der Waals surface area contributed by atoms with Crippen molar-refractivity contribution in [2.24, 2.45) is 5.73 Å². The van der Waals surface area contributed by atoms with Crippen LogP contribution in [-0.2, 0) is 13.0 Å². The Hall–Kier alpha value is -2.38. The lowest BCUT2D eigenvalue weighted by Crippen LogP contribution is -2.44. The molecule has 0 aromatic carbocycles. The van der Waals surface area contributed by atoms with Crippen LogP contribution < -0.4 is 11.1 Å². The Kier molecular flexibility index (Phi) is 6.11. The molecule has 1 aliphatic carbocycles. The minimum Gasteiger partial charge on any atom is -0.506 e. The zero-order chi connectivity index (χ0) is 21.3. The van der Waals surface area contributed by atoms with Crippen molar-refractivity contribution in [2.45, 2.75) is 65.1 Å². The van der Waals surface area contributed by atoms with Crippen LogP contribution in [0.2, 0.25) is 0 Å². The maximum atomic E-state index is 10.4. The second kappa shape index (κ2) is 8.78. The van der Waals surface area contributed by atoms with E-state index in [4.69, 9.17) is 10.7 Å². The molecule has 1 aliphatic heterocycles. The van der Waals surface area contributed by atoms with Crippen LogP contribution in [0.1, 0.15) is 55.9 Å². The largest absolute Gasteiger partial charge is 0.506 e. The second-order valence-electron chi connectivity index (χ2n) is 8.86. The van der Waals surface area contributed by atoms with Gasteiger partial charge in [-0.15, -0.1) is 0 Å². The smallest absolute Gasteiger partial charge is 0.204 e. The molecule has 1 fully saturated rings. The van der Waals surface area contributed by atoms with E-state index in [-0.39, 0.29) is 11.8 Å². The molecule has 2 aliphatic rings. The predicted octanol–water partition coefficient (Wildman–Crippen LogP) is 2.91. The number of hydrogen-bond acceptors (Lipinski definition) is 6.